The molecule has 0 bridgehead atoms. The highest BCUT2D eigenvalue weighted by molar-refractivity contribution is 6.00. The van der Waals surface area contributed by atoms with Crippen molar-refractivity contribution in [3.05, 3.63) is 30.2 Å². The molecule has 1 saturated heterocycles. The Hall–Kier alpha value is -3.47. The van der Waals surface area contributed by atoms with Crippen molar-refractivity contribution >= 4 is 34.7 Å². The van der Waals surface area contributed by atoms with Gasteiger partial charge in [0.15, 0.2) is 11.5 Å². The maximum absolute atomic E-state index is 13.1. The van der Waals surface area contributed by atoms with Crippen molar-refractivity contribution in [2.75, 3.05) is 19.6 Å². The van der Waals surface area contributed by atoms with Gasteiger partial charge >= 0.3 is 0 Å². The first-order chi connectivity index (χ1) is 15.3. The Morgan fingerprint density at radius 2 is 2.06 bits per heavy atom. The number of nitrogens with zero attached hydrogens (tertiary/aromatic N) is 3. The van der Waals surface area contributed by atoms with Gasteiger partial charge in [0.2, 0.25) is 17.6 Å². The Labute approximate surface area is 185 Å². The van der Waals surface area contributed by atoms with Crippen LogP contribution in [-0.2, 0) is 9.59 Å². The van der Waals surface area contributed by atoms with Gasteiger partial charge in [0.25, 0.3) is 5.89 Å². The fourth-order valence-corrected chi connectivity index (χ4v) is 3.60. The molecule has 2 aromatic rings. The lowest BCUT2D eigenvalue weighted by Gasteiger charge is -2.23. The number of para-hydroxylation sites is 2. The van der Waals surface area contributed by atoms with Gasteiger partial charge in [0.05, 0.1) is 18.6 Å². The van der Waals surface area contributed by atoms with E-state index in [0.29, 0.717) is 37.0 Å². The number of guanidine groups is 1. The Morgan fingerprint density at radius 3 is 2.81 bits per heavy atom. The fraction of sp³-hybridized carbons (Fsp3) is 0.476. The molecule has 1 aliphatic heterocycles. The molecule has 2 heterocycles. The second kappa shape index (κ2) is 10.7. The van der Waals surface area contributed by atoms with Gasteiger partial charge in [-0.15, -0.1) is 0 Å². The normalized spacial score (nSPS) is 17.6. The number of hydrogen-bond acceptors (Lipinski definition) is 7. The van der Waals surface area contributed by atoms with E-state index in [1.54, 1.807) is 24.3 Å². The van der Waals surface area contributed by atoms with Gasteiger partial charge in [-0.05, 0) is 44.2 Å². The minimum Gasteiger partial charge on any atom is -0.434 e. The first kappa shape index (κ1) is 23.2. The molecule has 3 rings (SSSR count). The molecule has 11 heteroatoms. The van der Waals surface area contributed by atoms with Crippen LogP contribution >= 0.6 is 0 Å². The summed E-state index contributed by atoms with van der Waals surface area (Å²) >= 11 is 0. The molecule has 1 aromatic carbocycles. The standard InChI is InChI=1S/C21H29N7O4/c22-13-6-3-4-11-28(20(13)31)12-17(29)26-15(8-5-10-25-21(23)24)18(30)19-27-14-7-1-2-9-16(14)32-19/h1-2,7,9,13,15H,3-6,8,10-12,22H2,(H,26,29)(H4,23,24,25)/t13?,15-/m0/s1. The topological polar surface area (TPSA) is 183 Å². The number of oxazole rings is 1. The molecule has 0 radical (unpaired) electrons. The Bertz CT molecular complexity index is 966. The van der Waals surface area contributed by atoms with Crippen molar-refractivity contribution in [1.82, 2.24) is 15.2 Å². The lowest BCUT2D eigenvalue weighted by Crippen LogP contribution is -2.49. The van der Waals surface area contributed by atoms with E-state index in [1.807, 2.05) is 0 Å². The highest BCUT2D eigenvalue weighted by Gasteiger charge is 2.29. The molecule has 2 atom stereocenters. The molecule has 32 heavy (non-hydrogen) atoms. The summed E-state index contributed by atoms with van der Waals surface area (Å²) in [5.41, 5.74) is 17.6. The second-order valence-corrected chi connectivity index (χ2v) is 7.78. The number of nitrogens with one attached hydrogen (secondary N) is 1. The van der Waals surface area contributed by atoms with Gasteiger partial charge in [-0.3, -0.25) is 19.4 Å². The zero-order chi connectivity index (χ0) is 23.1. The van der Waals surface area contributed by atoms with Gasteiger partial charge in [-0.1, -0.05) is 12.1 Å². The van der Waals surface area contributed by atoms with E-state index in [9.17, 15) is 14.4 Å². The van der Waals surface area contributed by atoms with E-state index in [1.165, 1.54) is 4.90 Å². The van der Waals surface area contributed by atoms with Crippen LogP contribution in [-0.4, -0.2) is 65.2 Å². The Morgan fingerprint density at radius 1 is 1.28 bits per heavy atom. The number of likely N-dealkylation sites (tertiary alicyclic amines) is 1. The minimum atomic E-state index is -0.902. The number of nitrogens with two attached hydrogens (primary N) is 3. The summed E-state index contributed by atoms with van der Waals surface area (Å²) in [5, 5.41) is 2.72. The molecule has 7 N–H and O–H groups in total. The highest BCUT2D eigenvalue weighted by atomic mass is 16.4. The van der Waals surface area contributed by atoms with Gasteiger partial charge in [-0.25, -0.2) is 4.98 Å². The minimum absolute atomic E-state index is 0.0492. The van der Waals surface area contributed by atoms with Gasteiger partial charge in [0, 0.05) is 13.1 Å². The summed E-state index contributed by atoms with van der Waals surface area (Å²) in [6.07, 6.45) is 2.92. The van der Waals surface area contributed by atoms with E-state index in [4.69, 9.17) is 21.6 Å². The van der Waals surface area contributed by atoms with E-state index in [0.717, 1.165) is 12.8 Å². The number of carbonyl (C=O) groups is 3. The third kappa shape index (κ3) is 6.03. The van der Waals surface area contributed by atoms with Crippen LogP contribution in [0.2, 0.25) is 0 Å². The van der Waals surface area contributed by atoms with Crippen LogP contribution in [0.4, 0.5) is 0 Å². The zero-order valence-electron chi connectivity index (χ0n) is 17.8. The molecule has 0 saturated carbocycles. The van der Waals surface area contributed by atoms with E-state index in [-0.39, 0.29) is 30.7 Å². The van der Waals surface area contributed by atoms with Crippen molar-refractivity contribution in [1.29, 1.82) is 0 Å². The molecular weight excluding hydrogens is 414 g/mol. The largest absolute Gasteiger partial charge is 0.434 e. The molecule has 1 unspecified atom stereocenters. The third-order valence-electron chi connectivity index (χ3n) is 5.26. The van der Waals surface area contributed by atoms with Gasteiger partial charge in [-0.2, -0.15) is 0 Å². The van der Waals surface area contributed by atoms with E-state index in [2.05, 4.69) is 15.3 Å². The van der Waals surface area contributed by atoms with Crippen molar-refractivity contribution in [2.24, 2.45) is 22.2 Å². The maximum Gasteiger partial charge on any atom is 0.266 e. The molecule has 1 aliphatic rings. The Kier molecular flexibility index (Phi) is 7.77. The lowest BCUT2D eigenvalue weighted by molar-refractivity contribution is -0.136. The van der Waals surface area contributed by atoms with Crippen LogP contribution in [0.3, 0.4) is 0 Å². The molecule has 0 aliphatic carbocycles. The molecule has 11 nitrogen and oxygen atoms in total. The predicted octanol–water partition coefficient (Wildman–Crippen LogP) is -0.111. The van der Waals surface area contributed by atoms with Crippen LogP contribution in [0.1, 0.15) is 42.8 Å². The summed E-state index contributed by atoms with van der Waals surface area (Å²) in [4.78, 5) is 47.8. The van der Waals surface area contributed by atoms with Crippen molar-refractivity contribution < 1.29 is 18.8 Å². The van der Waals surface area contributed by atoms with Crippen LogP contribution in [0.15, 0.2) is 33.7 Å². The van der Waals surface area contributed by atoms with E-state index < -0.39 is 23.8 Å². The summed E-state index contributed by atoms with van der Waals surface area (Å²) in [7, 11) is 0. The first-order valence-electron chi connectivity index (χ1n) is 10.6. The van der Waals surface area contributed by atoms with Crippen LogP contribution in [0.25, 0.3) is 11.1 Å². The number of Topliss-reactive ketones (excluding diaryl/α,β-unsaturated/α-hetero) is 1. The average Bonchev–Trinajstić information content (AvgIpc) is 3.14. The molecular formula is C21H29N7O4. The number of aromatic nitrogens is 1. The smallest absolute Gasteiger partial charge is 0.266 e. The summed E-state index contributed by atoms with van der Waals surface area (Å²) in [5.74, 6) is -1.31. The molecule has 1 aromatic heterocycles. The third-order valence-corrected chi connectivity index (χ3v) is 5.26. The quantitative estimate of drug-likeness (QED) is 0.179. The van der Waals surface area contributed by atoms with Crippen molar-refractivity contribution in [3.8, 4) is 0 Å². The average molecular weight is 444 g/mol. The molecule has 1 fully saturated rings. The number of benzene rings is 1. The fourth-order valence-electron chi connectivity index (χ4n) is 3.60. The number of ketones is 1. The van der Waals surface area contributed by atoms with E-state index >= 15 is 0 Å². The number of amides is 2. The maximum atomic E-state index is 13.1. The number of carbonyl (C=O) groups excluding carboxylic acids is 3. The van der Waals surface area contributed by atoms with Crippen LogP contribution in [0, 0.1) is 0 Å². The highest BCUT2D eigenvalue weighted by Crippen LogP contribution is 2.17. The number of rotatable bonds is 9. The monoisotopic (exact) mass is 443 g/mol. The molecule has 0 spiro atoms. The van der Waals surface area contributed by atoms with Crippen molar-refractivity contribution in [2.45, 2.75) is 44.2 Å². The predicted molar refractivity (Wildman–Crippen MR) is 119 cm³/mol. The molecule has 2 amide bonds. The van der Waals surface area contributed by atoms with Crippen LogP contribution < -0.4 is 22.5 Å². The first-order valence-corrected chi connectivity index (χ1v) is 10.6. The van der Waals surface area contributed by atoms with Crippen LogP contribution in [0.5, 0.6) is 0 Å². The Balaban J connectivity index is 1.71. The number of aliphatic imine (C=N–C) groups is 1. The summed E-state index contributed by atoms with van der Waals surface area (Å²) in [6, 6.07) is 5.49. The van der Waals surface area contributed by atoms with Crippen molar-refractivity contribution in [3.63, 3.8) is 0 Å². The number of hydrogen-bond donors (Lipinski definition) is 4. The second-order valence-electron chi connectivity index (χ2n) is 7.78. The molecule has 172 valence electrons. The summed E-state index contributed by atoms with van der Waals surface area (Å²) in [6.45, 7) is 0.584. The zero-order valence-corrected chi connectivity index (χ0v) is 17.8. The SMILES string of the molecule is NC(N)=NCCC[C@H](NC(=O)CN1CCCCC(N)C1=O)C(=O)c1nc2ccccc2o1. The summed E-state index contributed by atoms with van der Waals surface area (Å²) < 4.78 is 5.57. The lowest BCUT2D eigenvalue weighted by atomic mass is 10.1. The van der Waals surface area contributed by atoms with Gasteiger partial charge in [0.1, 0.15) is 5.52 Å². The number of fused-ring (bicyclic) bond motifs is 1. The van der Waals surface area contributed by atoms with Gasteiger partial charge < -0.3 is 31.8 Å².